The number of benzene rings is 1. The van der Waals surface area contributed by atoms with E-state index in [4.69, 9.17) is 4.52 Å². The SMILES string of the molecule is CC(C)c1ccc(-c2noc(CCC(=O)NCC(F)(F)F)n2)cc1. The zero-order chi connectivity index (χ0) is 17.7. The van der Waals surface area contributed by atoms with Gasteiger partial charge < -0.3 is 9.84 Å². The number of nitrogens with one attached hydrogen (secondary N) is 1. The highest BCUT2D eigenvalue weighted by molar-refractivity contribution is 5.76. The van der Waals surface area contributed by atoms with E-state index in [2.05, 4.69) is 24.0 Å². The molecule has 1 N–H and O–H groups in total. The number of hydrogen-bond acceptors (Lipinski definition) is 4. The summed E-state index contributed by atoms with van der Waals surface area (Å²) in [5.74, 6) is 0.291. The van der Waals surface area contributed by atoms with Crippen LogP contribution in [0.2, 0.25) is 0 Å². The number of nitrogens with zero attached hydrogens (tertiary/aromatic N) is 2. The van der Waals surface area contributed by atoms with Gasteiger partial charge in [-0.15, -0.1) is 0 Å². The van der Waals surface area contributed by atoms with Crippen molar-refractivity contribution in [3.05, 3.63) is 35.7 Å². The van der Waals surface area contributed by atoms with Crippen molar-refractivity contribution in [3.8, 4) is 11.4 Å². The summed E-state index contributed by atoms with van der Waals surface area (Å²) in [6.45, 7) is 2.83. The molecule has 1 aromatic heterocycles. The van der Waals surface area contributed by atoms with E-state index >= 15 is 0 Å². The lowest BCUT2D eigenvalue weighted by atomic mass is 10.0. The first-order valence-electron chi connectivity index (χ1n) is 7.51. The van der Waals surface area contributed by atoms with Crippen LogP contribution in [0.4, 0.5) is 13.2 Å². The van der Waals surface area contributed by atoms with Gasteiger partial charge in [-0.3, -0.25) is 4.79 Å². The summed E-state index contributed by atoms with van der Waals surface area (Å²) < 4.78 is 41.0. The maximum absolute atomic E-state index is 12.0. The van der Waals surface area contributed by atoms with Crippen molar-refractivity contribution in [2.24, 2.45) is 0 Å². The standard InChI is InChI=1S/C16H18F3N3O2/c1-10(2)11-3-5-12(6-4-11)15-21-14(24-22-15)8-7-13(23)20-9-16(17,18)19/h3-6,10H,7-9H2,1-2H3,(H,20,23). The molecule has 0 spiro atoms. The molecule has 2 aromatic rings. The Kier molecular flexibility index (Phi) is 5.58. The van der Waals surface area contributed by atoms with Gasteiger partial charge in [0, 0.05) is 18.4 Å². The summed E-state index contributed by atoms with van der Waals surface area (Å²) in [6, 6.07) is 7.70. The van der Waals surface area contributed by atoms with Crippen LogP contribution < -0.4 is 5.32 Å². The molecule has 0 radical (unpaired) electrons. The van der Waals surface area contributed by atoms with Crippen LogP contribution in [0, 0.1) is 0 Å². The average molecular weight is 341 g/mol. The largest absolute Gasteiger partial charge is 0.405 e. The zero-order valence-electron chi connectivity index (χ0n) is 13.4. The minimum absolute atomic E-state index is 0.0841. The molecule has 0 bridgehead atoms. The number of carbonyl (C=O) groups is 1. The van der Waals surface area contributed by atoms with Gasteiger partial charge in [0.05, 0.1) is 0 Å². The van der Waals surface area contributed by atoms with Gasteiger partial charge in [-0.25, -0.2) is 0 Å². The summed E-state index contributed by atoms with van der Waals surface area (Å²) in [5, 5.41) is 5.62. The van der Waals surface area contributed by atoms with Crippen molar-refractivity contribution in [2.45, 2.75) is 38.8 Å². The van der Waals surface area contributed by atoms with Gasteiger partial charge in [-0.1, -0.05) is 43.3 Å². The molecular formula is C16H18F3N3O2. The molecule has 0 aliphatic heterocycles. The summed E-state index contributed by atoms with van der Waals surface area (Å²) in [5.41, 5.74) is 1.96. The van der Waals surface area contributed by atoms with Crippen molar-refractivity contribution in [1.82, 2.24) is 15.5 Å². The summed E-state index contributed by atoms with van der Waals surface area (Å²) in [4.78, 5) is 15.5. The maximum Gasteiger partial charge on any atom is 0.405 e. The minimum atomic E-state index is -4.42. The van der Waals surface area contributed by atoms with Crippen LogP contribution in [0.1, 0.15) is 37.6 Å². The van der Waals surface area contributed by atoms with Crippen molar-refractivity contribution in [1.29, 1.82) is 0 Å². The van der Waals surface area contributed by atoms with Gasteiger partial charge in [-0.05, 0) is 11.5 Å². The first-order chi connectivity index (χ1) is 11.2. The molecule has 130 valence electrons. The van der Waals surface area contributed by atoms with Crippen molar-refractivity contribution < 1.29 is 22.5 Å². The molecule has 0 aliphatic carbocycles. The van der Waals surface area contributed by atoms with Gasteiger partial charge in [-0.2, -0.15) is 18.2 Å². The van der Waals surface area contributed by atoms with Crippen molar-refractivity contribution >= 4 is 5.91 Å². The highest BCUT2D eigenvalue weighted by atomic mass is 19.4. The van der Waals surface area contributed by atoms with Crippen molar-refractivity contribution in [3.63, 3.8) is 0 Å². The highest BCUT2D eigenvalue weighted by Crippen LogP contribution is 2.20. The van der Waals surface area contributed by atoms with Crippen LogP contribution in [0.3, 0.4) is 0 Å². The number of amides is 1. The monoisotopic (exact) mass is 341 g/mol. The van der Waals surface area contributed by atoms with E-state index in [1.807, 2.05) is 24.3 Å². The number of carbonyl (C=O) groups excluding carboxylic acids is 1. The zero-order valence-corrected chi connectivity index (χ0v) is 13.4. The lowest BCUT2D eigenvalue weighted by Gasteiger charge is -2.07. The molecule has 0 fully saturated rings. The number of aryl methyl sites for hydroxylation is 1. The van der Waals surface area contributed by atoms with Crippen LogP contribution in [0.25, 0.3) is 11.4 Å². The van der Waals surface area contributed by atoms with Gasteiger partial charge in [0.2, 0.25) is 17.6 Å². The molecule has 1 heterocycles. The first-order valence-corrected chi connectivity index (χ1v) is 7.51. The van der Waals surface area contributed by atoms with Gasteiger partial charge in [0.1, 0.15) is 6.54 Å². The van der Waals surface area contributed by atoms with Crippen LogP contribution >= 0.6 is 0 Å². The highest BCUT2D eigenvalue weighted by Gasteiger charge is 2.27. The Balaban J connectivity index is 1.90. The maximum atomic E-state index is 12.0. The number of rotatable bonds is 6. The van der Waals surface area contributed by atoms with E-state index < -0.39 is 18.6 Å². The molecular weight excluding hydrogens is 323 g/mol. The summed E-state index contributed by atoms with van der Waals surface area (Å²) >= 11 is 0. The van der Waals surface area contributed by atoms with Crippen LogP contribution in [0.5, 0.6) is 0 Å². The van der Waals surface area contributed by atoms with Crippen molar-refractivity contribution in [2.75, 3.05) is 6.54 Å². The summed E-state index contributed by atoms with van der Waals surface area (Å²) in [6.07, 6.45) is -4.49. The first kappa shape index (κ1) is 18.0. The van der Waals surface area contributed by atoms with E-state index in [1.165, 1.54) is 5.56 Å². The fourth-order valence-corrected chi connectivity index (χ4v) is 2.00. The Morgan fingerprint density at radius 3 is 2.50 bits per heavy atom. The molecule has 0 saturated heterocycles. The molecule has 1 aromatic carbocycles. The van der Waals surface area contributed by atoms with Gasteiger partial charge in [0.25, 0.3) is 0 Å². The Morgan fingerprint density at radius 1 is 1.25 bits per heavy atom. The predicted molar refractivity (Wildman–Crippen MR) is 81.2 cm³/mol. The second kappa shape index (κ2) is 7.46. The third-order valence-corrected chi connectivity index (χ3v) is 3.36. The van der Waals surface area contributed by atoms with E-state index in [1.54, 1.807) is 5.32 Å². The Bertz CT molecular complexity index is 679. The molecule has 0 saturated carbocycles. The smallest absolute Gasteiger partial charge is 0.347 e. The van der Waals surface area contributed by atoms with Crippen LogP contribution in [-0.4, -0.2) is 28.8 Å². The molecule has 1 amide bonds. The van der Waals surface area contributed by atoms with Gasteiger partial charge >= 0.3 is 6.18 Å². The molecule has 8 heteroatoms. The van der Waals surface area contributed by atoms with E-state index in [0.29, 0.717) is 11.7 Å². The fourth-order valence-electron chi connectivity index (χ4n) is 2.00. The second-order valence-corrected chi connectivity index (χ2v) is 5.68. The molecule has 0 atom stereocenters. The number of halogens is 3. The Hall–Kier alpha value is -2.38. The van der Waals surface area contributed by atoms with Gasteiger partial charge in [0.15, 0.2) is 0 Å². The normalized spacial score (nSPS) is 11.8. The fraction of sp³-hybridized carbons (Fsp3) is 0.438. The third-order valence-electron chi connectivity index (χ3n) is 3.36. The quantitative estimate of drug-likeness (QED) is 0.873. The number of aromatic nitrogens is 2. The average Bonchev–Trinajstić information content (AvgIpc) is 2.99. The lowest BCUT2D eigenvalue weighted by molar-refractivity contribution is -0.138. The van der Waals surface area contributed by atoms with Crippen LogP contribution in [0.15, 0.2) is 28.8 Å². The lowest BCUT2D eigenvalue weighted by Crippen LogP contribution is -2.33. The second-order valence-electron chi connectivity index (χ2n) is 5.68. The van der Waals surface area contributed by atoms with Crippen LogP contribution in [-0.2, 0) is 11.2 Å². The molecule has 0 aliphatic rings. The molecule has 0 unspecified atom stereocenters. The van der Waals surface area contributed by atoms with E-state index in [-0.39, 0.29) is 18.7 Å². The Labute approximate surface area is 137 Å². The summed E-state index contributed by atoms with van der Waals surface area (Å²) in [7, 11) is 0. The molecule has 24 heavy (non-hydrogen) atoms. The minimum Gasteiger partial charge on any atom is -0.347 e. The molecule has 2 rings (SSSR count). The number of hydrogen-bond donors (Lipinski definition) is 1. The topological polar surface area (TPSA) is 68.0 Å². The molecule has 5 nitrogen and oxygen atoms in total. The predicted octanol–water partition coefficient (Wildman–Crippen LogP) is 3.47. The Morgan fingerprint density at radius 2 is 1.92 bits per heavy atom. The van der Waals surface area contributed by atoms with E-state index in [9.17, 15) is 18.0 Å². The number of alkyl halides is 3. The third kappa shape index (κ3) is 5.36. The van der Waals surface area contributed by atoms with E-state index in [0.717, 1.165) is 5.56 Å².